The van der Waals surface area contributed by atoms with Gasteiger partial charge in [-0.15, -0.1) is 0 Å². The molecule has 1 aromatic carbocycles. The van der Waals surface area contributed by atoms with Crippen LogP contribution in [-0.4, -0.2) is 9.97 Å². The maximum Gasteiger partial charge on any atom is 0.194 e. The van der Waals surface area contributed by atoms with Crippen LogP contribution in [0.1, 0.15) is 25.5 Å². The fraction of sp³-hybridized carbons (Fsp3) is 0.231. The van der Waals surface area contributed by atoms with Crippen molar-refractivity contribution < 1.29 is 13.2 Å². The van der Waals surface area contributed by atoms with Crippen LogP contribution in [-0.2, 0) is 0 Å². The molecule has 1 aromatic heterocycles. The van der Waals surface area contributed by atoms with Crippen molar-refractivity contribution in [3.8, 4) is 11.4 Å². The highest BCUT2D eigenvalue weighted by atomic mass is 35.5. The first-order valence-electron chi connectivity index (χ1n) is 5.58. The molecule has 0 aliphatic carbocycles. The topological polar surface area (TPSA) is 25.8 Å². The first-order chi connectivity index (χ1) is 8.88. The van der Waals surface area contributed by atoms with Crippen LogP contribution in [0.25, 0.3) is 11.4 Å². The summed E-state index contributed by atoms with van der Waals surface area (Å²) in [6.45, 7) is 3.79. The lowest BCUT2D eigenvalue weighted by molar-refractivity contribution is 0.447. The highest BCUT2D eigenvalue weighted by Crippen LogP contribution is 2.24. The monoisotopic (exact) mass is 286 g/mol. The molecule has 0 bridgehead atoms. The normalized spacial score (nSPS) is 11.1. The van der Waals surface area contributed by atoms with Gasteiger partial charge in [0.1, 0.15) is 5.15 Å². The van der Waals surface area contributed by atoms with Gasteiger partial charge in [-0.3, -0.25) is 0 Å². The van der Waals surface area contributed by atoms with Gasteiger partial charge in [-0.25, -0.2) is 23.1 Å². The average molecular weight is 287 g/mol. The van der Waals surface area contributed by atoms with Gasteiger partial charge in [0, 0.05) is 11.3 Å². The minimum Gasteiger partial charge on any atom is -0.233 e. The van der Waals surface area contributed by atoms with Crippen molar-refractivity contribution in [3.63, 3.8) is 0 Å². The number of hydrogen-bond acceptors (Lipinski definition) is 2. The number of rotatable bonds is 2. The first kappa shape index (κ1) is 13.8. The van der Waals surface area contributed by atoms with Crippen LogP contribution in [0.15, 0.2) is 18.2 Å². The summed E-state index contributed by atoms with van der Waals surface area (Å²) in [6, 6.07) is 3.26. The highest BCUT2D eigenvalue weighted by molar-refractivity contribution is 6.29. The Morgan fingerprint density at radius 1 is 1.00 bits per heavy atom. The van der Waals surface area contributed by atoms with Gasteiger partial charge in [-0.05, 0) is 24.1 Å². The molecule has 2 aromatic rings. The van der Waals surface area contributed by atoms with Crippen LogP contribution in [0.3, 0.4) is 0 Å². The molecule has 1 heterocycles. The molecule has 0 N–H and O–H groups in total. The number of halogens is 4. The molecule has 0 amide bonds. The zero-order valence-corrected chi connectivity index (χ0v) is 11.0. The average Bonchev–Trinajstić information content (AvgIpc) is 2.34. The summed E-state index contributed by atoms with van der Waals surface area (Å²) in [5, 5.41) is 0.166. The lowest BCUT2D eigenvalue weighted by atomic mass is 10.1. The predicted octanol–water partition coefficient (Wildman–Crippen LogP) is 4.34. The molecule has 0 unspecified atom stereocenters. The van der Waals surface area contributed by atoms with Crippen LogP contribution < -0.4 is 0 Å². The van der Waals surface area contributed by atoms with Gasteiger partial charge in [-0.2, -0.15) is 0 Å². The highest BCUT2D eigenvalue weighted by Gasteiger charge is 2.15. The van der Waals surface area contributed by atoms with Crippen LogP contribution in [0.2, 0.25) is 5.15 Å². The fourth-order valence-corrected chi connectivity index (χ4v) is 1.74. The molecule has 2 nitrogen and oxygen atoms in total. The van der Waals surface area contributed by atoms with Crippen molar-refractivity contribution in [1.82, 2.24) is 9.97 Å². The Morgan fingerprint density at radius 2 is 1.58 bits per heavy atom. The van der Waals surface area contributed by atoms with Gasteiger partial charge in [0.15, 0.2) is 23.3 Å². The summed E-state index contributed by atoms with van der Waals surface area (Å²) in [5.41, 5.74) is 0.681. The van der Waals surface area contributed by atoms with E-state index in [9.17, 15) is 13.2 Å². The third kappa shape index (κ3) is 2.87. The van der Waals surface area contributed by atoms with Crippen molar-refractivity contribution in [2.75, 3.05) is 0 Å². The summed E-state index contributed by atoms with van der Waals surface area (Å²) in [6.07, 6.45) is 0. The van der Waals surface area contributed by atoms with E-state index in [1.807, 2.05) is 13.8 Å². The van der Waals surface area contributed by atoms with Gasteiger partial charge in [0.25, 0.3) is 0 Å². The molecule has 0 fully saturated rings. The van der Waals surface area contributed by atoms with Crippen LogP contribution in [0.5, 0.6) is 0 Å². The number of aromatic nitrogens is 2. The van der Waals surface area contributed by atoms with E-state index in [0.717, 1.165) is 12.1 Å². The Labute approximate surface area is 113 Å². The zero-order valence-electron chi connectivity index (χ0n) is 10.2. The van der Waals surface area contributed by atoms with E-state index >= 15 is 0 Å². The standard InChI is InChI=1S/C13H10ClF3N2/c1-6(2)10-5-11(14)19-13(18-10)7-3-8(15)12(17)9(16)4-7/h3-6H,1-2H3. The predicted molar refractivity (Wildman–Crippen MR) is 66.4 cm³/mol. The van der Waals surface area contributed by atoms with Gasteiger partial charge in [0.05, 0.1) is 0 Å². The third-order valence-electron chi connectivity index (χ3n) is 2.55. The molecule has 0 radical (unpaired) electrons. The van der Waals surface area contributed by atoms with E-state index in [2.05, 4.69) is 9.97 Å². The quantitative estimate of drug-likeness (QED) is 0.606. The second kappa shape index (κ2) is 5.17. The minimum atomic E-state index is -1.52. The van der Waals surface area contributed by atoms with Crippen molar-refractivity contribution in [3.05, 3.63) is 46.5 Å². The molecule has 19 heavy (non-hydrogen) atoms. The molecule has 0 spiro atoms. The fourth-order valence-electron chi connectivity index (χ4n) is 1.54. The van der Waals surface area contributed by atoms with Crippen LogP contribution >= 0.6 is 11.6 Å². The SMILES string of the molecule is CC(C)c1cc(Cl)nc(-c2cc(F)c(F)c(F)c2)n1. The summed E-state index contributed by atoms with van der Waals surface area (Å²) < 4.78 is 39.3. The van der Waals surface area contributed by atoms with E-state index in [1.54, 1.807) is 6.07 Å². The first-order valence-corrected chi connectivity index (χ1v) is 5.95. The van der Waals surface area contributed by atoms with Crippen molar-refractivity contribution >= 4 is 11.6 Å². The largest absolute Gasteiger partial charge is 0.233 e. The number of nitrogens with zero attached hydrogens (tertiary/aromatic N) is 2. The lowest BCUT2D eigenvalue weighted by Crippen LogP contribution is -2.00. The van der Waals surface area contributed by atoms with E-state index in [-0.39, 0.29) is 22.5 Å². The Hall–Kier alpha value is -1.62. The van der Waals surface area contributed by atoms with Crippen LogP contribution in [0, 0.1) is 17.5 Å². The maximum absolute atomic E-state index is 13.2. The van der Waals surface area contributed by atoms with E-state index in [1.165, 1.54) is 0 Å². The Morgan fingerprint density at radius 3 is 2.11 bits per heavy atom. The molecule has 0 aliphatic heterocycles. The molecule has 0 aliphatic rings. The zero-order chi connectivity index (χ0) is 14.2. The smallest absolute Gasteiger partial charge is 0.194 e. The molecule has 2 rings (SSSR count). The van der Waals surface area contributed by atoms with Crippen molar-refractivity contribution in [1.29, 1.82) is 0 Å². The maximum atomic E-state index is 13.2. The van der Waals surface area contributed by atoms with Gasteiger partial charge in [-0.1, -0.05) is 25.4 Å². The van der Waals surface area contributed by atoms with E-state index in [4.69, 9.17) is 11.6 Å². The van der Waals surface area contributed by atoms with Gasteiger partial charge >= 0.3 is 0 Å². The van der Waals surface area contributed by atoms with E-state index < -0.39 is 17.5 Å². The van der Waals surface area contributed by atoms with Crippen molar-refractivity contribution in [2.45, 2.75) is 19.8 Å². The van der Waals surface area contributed by atoms with Gasteiger partial charge < -0.3 is 0 Å². The number of benzene rings is 1. The third-order valence-corrected chi connectivity index (χ3v) is 2.74. The summed E-state index contributed by atoms with van der Waals surface area (Å²) >= 11 is 5.84. The second-order valence-corrected chi connectivity index (χ2v) is 4.73. The second-order valence-electron chi connectivity index (χ2n) is 4.35. The summed E-state index contributed by atoms with van der Waals surface area (Å²) in [7, 11) is 0. The van der Waals surface area contributed by atoms with Crippen LogP contribution in [0.4, 0.5) is 13.2 Å². The van der Waals surface area contributed by atoms with E-state index in [0.29, 0.717) is 5.69 Å². The number of hydrogen-bond donors (Lipinski definition) is 0. The van der Waals surface area contributed by atoms with Crippen molar-refractivity contribution in [2.24, 2.45) is 0 Å². The molecule has 100 valence electrons. The summed E-state index contributed by atoms with van der Waals surface area (Å²) in [4.78, 5) is 8.06. The molecular formula is C13H10ClF3N2. The Kier molecular flexibility index (Phi) is 3.75. The Balaban J connectivity index is 2.59. The molecule has 6 heteroatoms. The Bertz CT molecular complexity index is 606. The molecule has 0 saturated carbocycles. The summed E-state index contributed by atoms with van der Waals surface area (Å²) in [5.74, 6) is -3.95. The molecule has 0 saturated heterocycles. The molecule has 0 atom stereocenters. The molecular weight excluding hydrogens is 277 g/mol. The van der Waals surface area contributed by atoms with Gasteiger partial charge in [0.2, 0.25) is 0 Å². The minimum absolute atomic E-state index is 0.0424. The lowest BCUT2D eigenvalue weighted by Gasteiger charge is -2.08.